The molecule has 1 N–H and O–H groups in total. The maximum atomic E-state index is 14.0. The van der Waals surface area contributed by atoms with Gasteiger partial charge in [-0.2, -0.15) is 0 Å². The van der Waals surface area contributed by atoms with E-state index in [0.717, 1.165) is 16.1 Å². The third kappa shape index (κ3) is 7.49. The third-order valence-corrected chi connectivity index (χ3v) is 7.91. The molecule has 0 fully saturated rings. The Morgan fingerprint density at radius 1 is 0.921 bits per heavy atom. The van der Waals surface area contributed by atoms with E-state index in [2.05, 4.69) is 5.32 Å². The SMILES string of the molecule is CCNC(=O)[C@H](Cc1ccccc1)N(Cc1c(Cl)cccc1Cl)C(=O)CN(c1ccccc1C)S(C)(=O)=O. The number of anilines is 1. The number of nitrogens with one attached hydrogen (secondary N) is 1. The number of benzene rings is 3. The Balaban J connectivity index is 2.10. The maximum Gasteiger partial charge on any atom is 0.244 e. The smallest absolute Gasteiger partial charge is 0.244 e. The summed E-state index contributed by atoms with van der Waals surface area (Å²) in [5, 5.41) is 3.48. The normalized spacial score (nSPS) is 12.0. The van der Waals surface area contributed by atoms with Gasteiger partial charge < -0.3 is 10.2 Å². The summed E-state index contributed by atoms with van der Waals surface area (Å²) >= 11 is 12.9. The van der Waals surface area contributed by atoms with E-state index in [4.69, 9.17) is 23.2 Å². The van der Waals surface area contributed by atoms with E-state index in [1.807, 2.05) is 30.3 Å². The first kappa shape index (κ1) is 29.5. The van der Waals surface area contributed by atoms with Crippen LogP contribution in [0.1, 0.15) is 23.6 Å². The molecule has 0 bridgehead atoms. The first-order chi connectivity index (χ1) is 18.0. The lowest BCUT2D eigenvalue weighted by Gasteiger charge is -2.34. The molecular weight excluding hydrogens is 545 g/mol. The Labute approximate surface area is 234 Å². The highest BCUT2D eigenvalue weighted by atomic mass is 35.5. The fourth-order valence-electron chi connectivity index (χ4n) is 4.14. The molecule has 0 heterocycles. The van der Waals surface area contributed by atoms with Crippen molar-refractivity contribution in [1.29, 1.82) is 0 Å². The Morgan fingerprint density at radius 2 is 1.53 bits per heavy atom. The highest BCUT2D eigenvalue weighted by Crippen LogP contribution is 2.28. The number of halogens is 2. The minimum atomic E-state index is -3.84. The number of nitrogens with zero attached hydrogens (tertiary/aromatic N) is 2. The summed E-state index contributed by atoms with van der Waals surface area (Å²) in [5.41, 5.74) is 2.38. The monoisotopic (exact) mass is 575 g/mol. The summed E-state index contributed by atoms with van der Waals surface area (Å²) in [5.74, 6) is -0.934. The number of rotatable bonds is 11. The van der Waals surface area contributed by atoms with Crippen molar-refractivity contribution >= 4 is 50.7 Å². The molecule has 0 aliphatic heterocycles. The van der Waals surface area contributed by atoms with Gasteiger partial charge in [-0.15, -0.1) is 0 Å². The first-order valence-corrected chi connectivity index (χ1v) is 14.7. The molecule has 0 saturated heterocycles. The van der Waals surface area contributed by atoms with Crippen LogP contribution in [-0.4, -0.2) is 50.5 Å². The summed E-state index contributed by atoms with van der Waals surface area (Å²) in [6.45, 7) is 3.33. The molecule has 0 saturated carbocycles. The van der Waals surface area contributed by atoms with Gasteiger partial charge in [-0.3, -0.25) is 13.9 Å². The van der Waals surface area contributed by atoms with Gasteiger partial charge in [0.15, 0.2) is 0 Å². The Hall–Kier alpha value is -3.07. The Kier molecular flexibility index (Phi) is 10.2. The van der Waals surface area contributed by atoms with Gasteiger partial charge in [-0.25, -0.2) is 8.42 Å². The lowest BCUT2D eigenvalue weighted by molar-refractivity contribution is -0.140. The van der Waals surface area contributed by atoms with Gasteiger partial charge in [0.1, 0.15) is 12.6 Å². The quantitative estimate of drug-likeness (QED) is 0.354. The predicted molar refractivity (Wildman–Crippen MR) is 153 cm³/mol. The molecule has 0 spiro atoms. The van der Waals surface area contributed by atoms with Crippen LogP contribution in [0.15, 0.2) is 72.8 Å². The number of aryl methyl sites for hydroxylation is 1. The minimum Gasteiger partial charge on any atom is -0.355 e. The van der Waals surface area contributed by atoms with Crippen LogP contribution < -0.4 is 9.62 Å². The topological polar surface area (TPSA) is 86.8 Å². The van der Waals surface area contributed by atoms with Crippen LogP contribution in [0, 0.1) is 6.92 Å². The number of likely N-dealkylation sites (N-methyl/N-ethyl adjacent to an activating group) is 1. The van der Waals surface area contributed by atoms with Crippen LogP contribution in [0.4, 0.5) is 5.69 Å². The van der Waals surface area contributed by atoms with E-state index in [1.165, 1.54) is 4.90 Å². The average molecular weight is 577 g/mol. The molecule has 10 heteroatoms. The van der Waals surface area contributed by atoms with E-state index < -0.39 is 28.5 Å². The number of amides is 2. The molecule has 2 amide bonds. The summed E-state index contributed by atoms with van der Waals surface area (Å²) in [6, 6.07) is 20.3. The standard InChI is InChI=1S/C28H31Cl2N3O4S/c1-4-31-28(35)26(17-21-12-6-5-7-13-21)32(18-22-23(29)14-10-15-24(22)30)27(34)19-33(38(3,36)37)25-16-9-8-11-20(25)2/h5-16,26H,4,17-19H2,1-3H3,(H,31,35)/t26-/m0/s1. The molecule has 3 aromatic carbocycles. The fourth-order valence-corrected chi connectivity index (χ4v) is 5.56. The molecule has 1 atom stereocenters. The molecular formula is C28H31Cl2N3O4S. The molecule has 0 radical (unpaired) electrons. The van der Waals surface area contributed by atoms with E-state index in [0.29, 0.717) is 33.4 Å². The highest BCUT2D eigenvalue weighted by Gasteiger charge is 2.33. The molecule has 0 aromatic heterocycles. The second kappa shape index (κ2) is 13.1. The van der Waals surface area contributed by atoms with Crippen molar-refractivity contribution in [2.24, 2.45) is 0 Å². The molecule has 0 aliphatic carbocycles. The summed E-state index contributed by atoms with van der Waals surface area (Å²) in [7, 11) is -3.84. The van der Waals surface area contributed by atoms with Gasteiger partial charge in [0, 0.05) is 35.1 Å². The largest absolute Gasteiger partial charge is 0.355 e. The van der Waals surface area contributed by atoms with Crippen LogP contribution in [-0.2, 0) is 32.6 Å². The summed E-state index contributed by atoms with van der Waals surface area (Å²) in [6.07, 6.45) is 1.26. The third-order valence-electron chi connectivity index (χ3n) is 6.08. The molecule has 38 heavy (non-hydrogen) atoms. The maximum absolute atomic E-state index is 14.0. The number of hydrogen-bond donors (Lipinski definition) is 1. The minimum absolute atomic E-state index is 0.0860. The summed E-state index contributed by atoms with van der Waals surface area (Å²) < 4.78 is 26.7. The lowest BCUT2D eigenvalue weighted by Crippen LogP contribution is -2.53. The van der Waals surface area contributed by atoms with Gasteiger partial charge >= 0.3 is 0 Å². The zero-order chi connectivity index (χ0) is 27.9. The van der Waals surface area contributed by atoms with Crippen molar-refractivity contribution < 1.29 is 18.0 Å². The van der Waals surface area contributed by atoms with Crippen LogP contribution in [0.2, 0.25) is 10.0 Å². The second-order valence-corrected chi connectivity index (χ2v) is 11.6. The van der Waals surface area contributed by atoms with Crippen LogP contribution in [0.25, 0.3) is 0 Å². The van der Waals surface area contributed by atoms with Crippen molar-refractivity contribution in [2.45, 2.75) is 32.9 Å². The van der Waals surface area contributed by atoms with Crippen LogP contribution >= 0.6 is 23.2 Å². The number of hydrogen-bond acceptors (Lipinski definition) is 4. The first-order valence-electron chi connectivity index (χ1n) is 12.1. The fraction of sp³-hybridized carbons (Fsp3) is 0.286. The Morgan fingerprint density at radius 3 is 2.11 bits per heavy atom. The van der Waals surface area contributed by atoms with Gasteiger partial charge in [-0.05, 0) is 43.2 Å². The summed E-state index contributed by atoms with van der Waals surface area (Å²) in [4.78, 5) is 28.7. The lowest BCUT2D eigenvalue weighted by atomic mass is 10.0. The molecule has 3 rings (SSSR count). The molecule has 3 aromatic rings. The van der Waals surface area contributed by atoms with E-state index in [9.17, 15) is 18.0 Å². The van der Waals surface area contributed by atoms with Crippen molar-refractivity contribution in [3.63, 3.8) is 0 Å². The van der Waals surface area contributed by atoms with Crippen LogP contribution in [0.5, 0.6) is 0 Å². The zero-order valence-electron chi connectivity index (χ0n) is 21.5. The van der Waals surface area contributed by atoms with Crippen molar-refractivity contribution in [3.8, 4) is 0 Å². The number of carbonyl (C=O) groups is 2. The Bertz CT molecular complexity index is 1360. The number of carbonyl (C=O) groups excluding carboxylic acids is 2. The molecule has 0 unspecified atom stereocenters. The van der Waals surface area contributed by atoms with Crippen LogP contribution in [0.3, 0.4) is 0 Å². The van der Waals surface area contributed by atoms with Gasteiger partial charge in [0.05, 0.1) is 11.9 Å². The average Bonchev–Trinajstić information content (AvgIpc) is 2.86. The molecule has 202 valence electrons. The molecule has 7 nitrogen and oxygen atoms in total. The van der Waals surface area contributed by atoms with Crippen molar-refractivity contribution in [3.05, 3.63) is 99.5 Å². The van der Waals surface area contributed by atoms with E-state index >= 15 is 0 Å². The van der Waals surface area contributed by atoms with Crippen molar-refractivity contribution in [1.82, 2.24) is 10.2 Å². The highest BCUT2D eigenvalue weighted by molar-refractivity contribution is 7.92. The molecule has 0 aliphatic rings. The predicted octanol–water partition coefficient (Wildman–Crippen LogP) is 4.84. The van der Waals surface area contributed by atoms with Gasteiger partial charge in [-0.1, -0.05) is 77.8 Å². The van der Waals surface area contributed by atoms with Crippen molar-refractivity contribution in [2.75, 3.05) is 23.7 Å². The van der Waals surface area contributed by atoms with Gasteiger partial charge in [0.2, 0.25) is 21.8 Å². The zero-order valence-corrected chi connectivity index (χ0v) is 23.9. The van der Waals surface area contributed by atoms with Gasteiger partial charge in [0.25, 0.3) is 0 Å². The van der Waals surface area contributed by atoms with E-state index in [1.54, 1.807) is 56.3 Å². The second-order valence-electron chi connectivity index (χ2n) is 8.88. The van der Waals surface area contributed by atoms with E-state index in [-0.39, 0.29) is 18.9 Å². The number of para-hydroxylation sites is 1. The number of sulfonamides is 1.